The highest BCUT2D eigenvalue weighted by Crippen LogP contribution is 2.15. The smallest absolute Gasteiger partial charge is 0.329 e. The second-order valence-electron chi connectivity index (χ2n) is 6.21. The molecule has 1 aliphatic heterocycles. The van der Waals surface area contributed by atoms with Crippen LogP contribution in [-0.4, -0.2) is 45.1 Å². The van der Waals surface area contributed by atoms with Gasteiger partial charge in [0.2, 0.25) is 0 Å². The van der Waals surface area contributed by atoms with Crippen LogP contribution in [0.15, 0.2) is 50.9 Å². The third-order valence-corrected chi connectivity index (χ3v) is 4.63. The number of fused-ring (bicyclic) bond motifs is 1. The van der Waals surface area contributed by atoms with Crippen molar-refractivity contribution < 1.29 is 0 Å². The van der Waals surface area contributed by atoms with Gasteiger partial charge in [-0.05, 0) is 12.1 Å². The average Bonchev–Trinajstić information content (AvgIpc) is 2.66. The van der Waals surface area contributed by atoms with Crippen molar-refractivity contribution in [2.45, 2.75) is 0 Å². The molecule has 1 aliphatic rings. The molecule has 0 aromatic carbocycles. The Bertz CT molecular complexity index is 1110. The van der Waals surface area contributed by atoms with Gasteiger partial charge in [-0.2, -0.15) is 0 Å². The van der Waals surface area contributed by atoms with Gasteiger partial charge in [-0.25, -0.2) is 9.78 Å². The highest BCUT2D eigenvalue weighted by molar-refractivity contribution is 5.49. The lowest BCUT2D eigenvalue weighted by Gasteiger charge is -2.36. The van der Waals surface area contributed by atoms with E-state index in [4.69, 9.17) is 0 Å². The first kappa shape index (κ1) is 16.1. The van der Waals surface area contributed by atoms with Gasteiger partial charge < -0.3 is 9.80 Å². The van der Waals surface area contributed by atoms with E-state index < -0.39 is 5.69 Å². The van der Waals surface area contributed by atoms with Crippen LogP contribution in [0.2, 0.25) is 0 Å². The minimum absolute atomic E-state index is 0.121. The molecule has 1 N–H and O–H groups in total. The largest absolute Gasteiger partial charge is 0.354 e. The predicted molar refractivity (Wildman–Crippen MR) is 98.2 cm³/mol. The zero-order chi connectivity index (χ0) is 18.3. The summed E-state index contributed by atoms with van der Waals surface area (Å²) in [6.45, 7) is 2.48. The molecule has 0 atom stereocenters. The lowest BCUT2D eigenvalue weighted by Crippen LogP contribution is -2.48. The molecule has 0 saturated carbocycles. The number of pyridine rings is 1. The topological polar surface area (TPSA) is 95.7 Å². The van der Waals surface area contributed by atoms with Crippen molar-refractivity contribution in [3.63, 3.8) is 0 Å². The molecule has 0 unspecified atom stereocenters. The van der Waals surface area contributed by atoms with Crippen molar-refractivity contribution in [2.75, 3.05) is 36.0 Å². The van der Waals surface area contributed by atoms with Crippen LogP contribution in [0, 0.1) is 0 Å². The molecular formula is C17H18N6O3. The molecule has 9 heteroatoms. The number of aromatic amines is 1. The maximum Gasteiger partial charge on any atom is 0.329 e. The van der Waals surface area contributed by atoms with Crippen LogP contribution in [-0.2, 0) is 7.05 Å². The number of anilines is 2. The molecule has 1 saturated heterocycles. The lowest BCUT2D eigenvalue weighted by atomic mass is 10.3. The summed E-state index contributed by atoms with van der Waals surface area (Å²) in [5.74, 6) is 1.16. The van der Waals surface area contributed by atoms with Crippen molar-refractivity contribution in [2.24, 2.45) is 7.05 Å². The van der Waals surface area contributed by atoms with Crippen molar-refractivity contribution >= 4 is 17.3 Å². The van der Waals surface area contributed by atoms with E-state index in [1.165, 1.54) is 23.6 Å². The summed E-state index contributed by atoms with van der Waals surface area (Å²) in [6, 6.07) is 8.39. The zero-order valence-corrected chi connectivity index (χ0v) is 14.3. The van der Waals surface area contributed by atoms with Crippen LogP contribution in [0.5, 0.6) is 0 Å². The first-order valence-electron chi connectivity index (χ1n) is 8.31. The van der Waals surface area contributed by atoms with Crippen molar-refractivity contribution in [1.29, 1.82) is 0 Å². The SMILES string of the molecule is Cn1c(=O)cc(N2CCN(c3cc(=O)n4ccccc4n3)CC2)[nH]c1=O. The first-order valence-corrected chi connectivity index (χ1v) is 8.31. The fraction of sp³-hybridized carbons (Fsp3) is 0.294. The Morgan fingerprint density at radius 3 is 2.42 bits per heavy atom. The van der Waals surface area contributed by atoms with Crippen LogP contribution in [0.1, 0.15) is 0 Å². The Labute approximate surface area is 147 Å². The number of hydrogen-bond donors (Lipinski definition) is 1. The molecule has 0 spiro atoms. The third kappa shape index (κ3) is 2.77. The Morgan fingerprint density at radius 1 is 0.962 bits per heavy atom. The monoisotopic (exact) mass is 354 g/mol. The quantitative estimate of drug-likeness (QED) is 0.661. The van der Waals surface area contributed by atoms with Crippen LogP contribution >= 0.6 is 0 Å². The maximum atomic E-state index is 12.2. The number of piperazine rings is 1. The van der Waals surface area contributed by atoms with Gasteiger partial charge in [0.1, 0.15) is 17.3 Å². The molecule has 3 aromatic heterocycles. The number of aromatic nitrogens is 4. The maximum absolute atomic E-state index is 12.2. The normalized spacial score (nSPS) is 14.8. The van der Waals surface area contributed by atoms with E-state index in [0.717, 1.165) is 4.57 Å². The van der Waals surface area contributed by atoms with E-state index in [1.807, 2.05) is 15.9 Å². The molecule has 9 nitrogen and oxygen atoms in total. The van der Waals surface area contributed by atoms with Gasteiger partial charge in [0.25, 0.3) is 11.1 Å². The number of H-pyrrole nitrogens is 1. The summed E-state index contributed by atoms with van der Waals surface area (Å²) in [5, 5.41) is 0. The zero-order valence-electron chi connectivity index (χ0n) is 14.3. The van der Waals surface area contributed by atoms with Gasteiger partial charge in [-0.15, -0.1) is 0 Å². The Balaban J connectivity index is 1.56. The lowest BCUT2D eigenvalue weighted by molar-refractivity contribution is 0.634. The van der Waals surface area contributed by atoms with Gasteiger partial charge in [0.05, 0.1) is 0 Å². The second kappa shape index (κ2) is 6.17. The Hall–Kier alpha value is -3.36. The van der Waals surface area contributed by atoms with E-state index in [-0.39, 0.29) is 11.1 Å². The minimum atomic E-state index is -0.431. The van der Waals surface area contributed by atoms with E-state index in [0.29, 0.717) is 43.5 Å². The molecule has 1 fully saturated rings. The van der Waals surface area contributed by atoms with Crippen LogP contribution in [0.4, 0.5) is 11.6 Å². The minimum Gasteiger partial charge on any atom is -0.354 e. The van der Waals surface area contributed by atoms with Gasteiger partial charge in [-0.3, -0.25) is 23.5 Å². The molecule has 0 bridgehead atoms. The molecule has 0 amide bonds. The number of nitrogens with one attached hydrogen (secondary N) is 1. The second-order valence-corrected chi connectivity index (χ2v) is 6.21. The molecular weight excluding hydrogens is 336 g/mol. The number of nitrogens with zero attached hydrogens (tertiary/aromatic N) is 5. The fourth-order valence-electron chi connectivity index (χ4n) is 3.09. The summed E-state index contributed by atoms with van der Waals surface area (Å²) in [7, 11) is 1.44. The number of hydrogen-bond acceptors (Lipinski definition) is 6. The molecule has 26 heavy (non-hydrogen) atoms. The van der Waals surface area contributed by atoms with Gasteiger partial charge in [-0.1, -0.05) is 6.07 Å². The third-order valence-electron chi connectivity index (χ3n) is 4.63. The van der Waals surface area contributed by atoms with Crippen molar-refractivity contribution in [3.8, 4) is 0 Å². The van der Waals surface area contributed by atoms with E-state index in [1.54, 1.807) is 18.3 Å². The van der Waals surface area contributed by atoms with E-state index >= 15 is 0 Å². The summed E-state index contributed by atoms with van der Waals surface area (Å²) in [4.78, 5) is 47.1. The summed E-state index contributed by atoms with van der Waals surface area (Å²) >= 11 is 0. The van der Waals surface area contributed by atoms with E-state index in [9.17, 15) is 14.4 Å². The van der Waals surface area contributed by atoms with Crippen LogP contribution in [0.3, 0.4) is 0 Å². The molecule has 0 aliphatic carbocycles. The fourth-order valence-corrected chi connectivity index (χ4v) is 3.09. The highest BCUT2D eigenvalue weighted by atomic mass is 16.2. The van der Waals surface area contributed by atoms with Gasteiger partial charge >= 0.3 is 5.69 Å². The molecule has 4 heterocycles. The van der Waals surface area contributed by atoms with Crippen molar-refractivity contribution in [1.82, 2.24) is 18.9 Å². The highest BCUT2D eigenvalue weighted by Gasteiger charge is 2.20. The Kier molecular flexibility index (Phi) is 3.83. The first-order chi connectivity index (χ1) is 12.5. The van der Waals surface area contributed by atoms with Crippen LogP contribution < -0.4 is 26.6 Å². The van der Waals surface area contributed by atoms with Crippen molar-refractivity contribution in [3.05, 3.63) is 67.7 Å². The summed E-state index contributed by atoms with van der Waals surface area (Å²) in [6.07, 6.45) is 1.69. The van der Waals surface area contributed by atoms with Gasteiger partial charge in [0, 0.05) is 51.6 Å². The van der Waals surface area contributed by atoms with E-state index in [2.05, 4.69) is 9.97 Å². The van der Waals surface area contributed by atoms with Gasteiger partial charge in [0.15, 0.2) is 0 Å². The molecule has 3 aromatic rings. The Morgan fingerprint density at radius 2 is 1.69 bits per heavy atom. The number of rotatable bonds is 2. The summed E-state index contributed by atoms with van der Waals surface area (Å²) < 4.78 is 2.54. The molecule has 4 rings (SSSR count). The summed E-state index contributed by atoms with van der Waals surface area (Å²) in [5.41, 5.74) is -0.285. The predicted octanol–water partition coefficient (Wildman–Crippen LogP) is -0.592. The standard InChI is InChI=1S/C17H18N6O3/c1-20-15(24)10-14(19-17(20)26)22-8-6-21(7-9-22)13-11-16(25)23-5-3-2-4-12(23)18-13/h2-5,10-11H,6-9H2,1H3,(H,19,26). The molecule has 134 valence electrons. The average molecular weight is 354 g/mol. The molecule has 0 radical (unpaired) electrons. The van der Waals surface area contributed by atoms with Crippen LogP contribution in [0.25, 0.3) is 5.65 Å².